The SMILES string of the molecule is C=CC(=O)NCCCOS(=O)[O-].N. The molecule has 7 heteroatoms. The lowest BCUT2D eigenvalue weighted by Crippen LogP contribution is -2.22. The lowest BCUT2D eigenvalue weighted by Gasteiger charge is -2.05. The van der Waals surface area contributed by atoms with Crippen molar-refractivity contribution in [1.29, 1.82) is 0 Å². The van der Waals surface area contributed by atoms with Gasteiger partial charge >= 0.3 is 0 Å². The predicted octanol–water partition coefficient (Wildman–Crippen LogP) is -0.349. The molecule has 13 heavy (non-hydrogen) atoms. The van der Waals surface area contributed by atoms with Gasteiger partial charge in [-0.05, 0) is 12.5 Å². The quantitative estimate of drug-likeness (QED) is 0.352. The molecule has 0 saturated heterocycles. The van der Waals surface area contributed by atoms with Crippen LogP contribution in [-0.2, 0) is 20.3 Å². The molecule has 0 aromatic heterocycles. The van der Waals surface area contributed by atoms with Crippen LogP contribution in [0, 0.1) is 0 Å². The highest BCUT2D eigenvalue weighted by molar-refractivity contribution is 7.74. The minimum atomic E-state index is -2.46. The van der Waals surface area contributed by atoms with E-state index in [1.54, 1.807) is 0 Å². The van der Waals surface area contributed by atoms with Crippen LogP contribution in [0.15, 0.2) is 12.7 Å². The molecule has 0 aromatic rings. The van der Waals surface area contributed by atoms with Crippen LogP contribution in [-0.4, -0.2) is 27.8 Å². The molecule has 0 saturated carbocycles. The van der Waals surface area contributed by atoms with Crippen molar-refractivity contribution in [3.8, 4) is 0 Å². The van der Waals surface area contributed by atoms with E-state index < -0.39 is 11.4 Å². The Morgan fingerprint density at radius 2 is 2.31 bits per heavy atom. The number of hydrogen-bond acceptors (Lipinski definition) is 5. The van der Waals surface area contributed by atoms with Gasteiger partial charge in [0.1, 0.15) is 0 Å². The molecule has 6 nitrogen and oxygen atoms in total. The molecular formula is C6H13N2O4S-. The Kier molecular flexibility index (Phi) is 10.6. The number of rotatable bonds is 6. The number of nitrogens with one attached hydrogen (secondary N) is 1. The summed E-state index contributed by atoms with van der Waals surface area (Å²) in [5.41, 5.74) is 0. The van der Waals surface area contributed by atoms with Crippen LogP contribution in [0.25, 0.3) is 0 Å². The summed E-state index contributed by atoms with van der Waals surface area (Å²) >= 11 is -2.46. The highest BCUT2D eigenvalue weighted by atomic mass is 32.2. The fraction of sp³-hybridized carbons (Fsp3) is 0.500. The Morgan fingerprint density at radius 1 is 1.69 bits per heavy atom. The Hall–Kier alpha value is -0.760. The minimum Gasteiger partial charge on any atom is -0.750 e. The molecule has 0 aliphatic rings. The van der Waals surface area contributed by atoms with Crippen molar-refractivity contribution < 1.29 is 17.7 Å². The lowest BCUT2D eigenvalue weighted by atomic mass is 10.4. The van der Waals surface area contributed by atoms with Crippen molar-refractivity contribution in [3.05, 3.63) is 12.7 Å². The standard InChI is InChI=1S/C6H11NO4S.H3N/c1-2-6(8)7-4-3-5-11-12(9)10;/h2H,1,3-5H2,(H,7,8)(H,9,10);1H3/p-1. The Balaban J connectivity index is 0. The maximum Gasteiger partial charge on any atom is 0.243 e. The molecule has 4 N–H and O–H groups in total. The second-order valence-electron chi connectivity index (χ2n) is 1.87. The number of carbonyl (C=O) groups excluding carboxylic acids is 1. The second kappa shape index (κ2) is 9.33. The average molecular weight is 209 g/mol. The van der Waals surface area contributed by atoms with Crippen molar-refractivity contribution in [1.82, 2.24) is 11.5 Å². The van der Waals surface area contributed by atoms with Gasteiger partial charge in [-0.3, -0.25) is 4.79 Å². The molecule has 0 aliphatic heterocycles. The lowest BCUT2D eigenvalue weighted by molar-refractivity contribution is -0.116. The Morgan fingerprint density at radius 3 is 2.77 bits per heavy atom. The van der Waals surface area contributed by atoms with Gasteiger partial charge in [-0.2, -0.15) is 0 Å². The van der Waals surface area contributed by atoms with Crippen LogP contribution in [0.3, 0.4) is 0 Å². The molecule has 0 aromatic carbocycles. The van der Waals surface area contributed by atoms with Crippen molar-refractivity contribution in [2.75, 3.05) is 13.2 Å². The highest BCUT2D eigenvalue weighted by Crippen LogP contribution is 1.83. The van der Waals surface area contributed by atoms with Gasteiger partial charge in [0.15, 0.2) is 0 Å². The highest BCUT2D eigenvalue weighted by Gasteiger charge is 1.92. The van der Waals surface area contributed by atoms with E-state index in [4.69, 9.17) is 0 Å². The molecule has 0 spiro atoms. The molecular weight excluding hydrogens is 196 g/mol. The summed E-state index contributed by atoms with van der Waals surface area (Å²) in [5.74, 6) is -0.279. The molecule has 0 fully saturated rings. The Labute approximate surface area is 79.4 Å². The van der Waals surface area contributed by atoms with E-state index >= 15 is 0 Å². The van der Waals surface area contributed by atoms with E-state index in [0.29, 0.717) is 13.0 Å². The summed E-state index contributed by atoms with van der Waals surface area (Å²) in [4.78, 5) is 10.5. The summed E-state index contributed by atoms with van der Waals surface area (Å²) in [6.07, 6.45) is 1.60. The van der Waals surface area contributed by atoms with Crippen LogP contribution in [0.4, 0.5) is 0 Å². The third kappa shape index (κ3) is 11.2. The summed E-state index contributed by atoms with van der Waals surface area (Å²) < 4.78 is 23.9. The smallest absolute Gasteiger partial charge is 0.243 e. The monoisotopic (exact) mass is 209 g/mol. The fourth-order valence-electron chi connectivity index (χ4n) is 0.483. The molecule has 1 amide bonds. The molecule has 0 radical (unpaired) electrons. The van der Waals surface area contributed by atoms with Gasteiger partial charge in [0.05, 0.1) is 18.0 Å². The zero-order valence-electron chi connectivity index (χ0n) is 7.15. The fourth-order valence-corrected chi connectivity index (χ4v) is 0.737. The number of amides is 1. The van der Waals surface area contributed by atoms with Gasteiger partial charge in [-0.25, -0.2) is 4.21 Å². The minimum absolute atomic E-state index is 0. The first kappa shape index (κ1) is 14.7. The number of carbonyl (C=O) groups is 1. The first-order valence-electron chi connectivity index (χ1n) is 3.29. The van der Waals surface area contributed by atoms with E-state index in [0.717, 1.165) is 6.08 Å². The van der Waals surface area contributed by atoms with E-state index in [1.165, 1.54) is 0 Å². The molecule has 0 bridgehead atoms. The van der Waals surface area contributed by atoms with E-state index in [2.05, 4.69) is 16.1 Å². The normalized spacial score (nSPS) is 11.2. The van der Waals surface area contributed by atoms with Crippen molar-refractivity contribution >= 4 is 17.3 Å². The van der Waals surface area contributed by atoms with Gasteiger partial charge in [0.25, 0.3) is 0 Å². The molecule has 78 valence electrons. The van der Waals surface area contributed by atoms with Crippen LogP contribution >= 0.6 is 0 Å². The first-order valence-corrected chi connectivity index (χ1v) is 4.29. The van der Waals surface area contributed by atoms with Crippen molar-refractivity contribution in [3.63, 3.8) is 0 Å². The van der Waals surface area contributed by atoms with Crippen LogP contribution in [0.5, 0.6) is 0 Å². The van der Waals surface area contributed by atoms with Gasteiger partial charge < -0.3 is 20.2 Å². The zero-order valence-corrected chi connectivity index (χ0v) is 7.97. The van der Waals surface area contributed by atoms with Crippen molar-refractivity contribution in [2.45, 2.75) is 6.42 Å². The van der Waals surface area contributed by atoms with E-state index in [9.17, 15) is 13.6 Å². The van der Waals surface area contributed by atoms with Gasteiger partial charge in [-0.1, -0.05) is 6.58 Å². The van der Waals surface area contributed by atoms with Gasteiger partial charge in [-0.15, -0.1) is 0 Å². The average Bonchev–Trinajstić information content (AvgIpc) is 2.03. The molecule has 0 heterocycles. The molecule has 1 atom stereocenters. The van der Waals surface area contributed by atoms with Crippen molar-refractivity contribution in [2.24, 2.45) is 0 Å². The Bertz CT molecular complexity index is 185. The van der Waals surface area contributed by atoms with Crippen LogP contribution in [0.2, 0.25) is 0 Å². The van der Waals surface area contributed by atoms with E-state index in [-0.39, 0.29) is 18.7 Å². The van der Waals surface area contributed by atoms with E-state index in [1.807, 2.05) is 0 Å². The van der Waals surface area contributed by atoms with Gasteiger partial charge in [0, 0.05) is 6.54 Å². The molecule has 0 aliphatic carbocycles. The summed E-state index contributed by atoms with van der Waals surface area (Å²) in [5, 5.41) is 2.47. The summed E-state index contributed by atoms with van der Waals surface area (Å²) in [7, 11) is 0. The number of hydrogen-bond donors (Lipinski definition) is 2. The second-order valence-corrected chi connectivity index (χ2v) is 2.52. The zero-order chi connectivity index (χ0) is 9.40. The maximum atomic E-state index is 10.5. The maximum absolute atomic E-state index is 10.5. The summed E-state index contributed by atoms with van der Waals surface area (Å²) in [6.45, 7) is 3.70. The van der Waals surface area contributed by atoms with Gasteiger partial charge in [0.2, 0.25) is 5.91 Å². The predicted molar refractivity (Wildman–Crippen MR) is 47.7 cm³/mol. The van der Waals surface area contributed by atoms with Crippen LogP contribution in [0.1, 0.15) is 6.42 Å². The first-order chi connectivity index (χ1) is 5.66. The summed E-state index contributed by atoms with van der Waals surface area (Å²) in [6, 6.07) is 0. The largest absolute Gasteiger partial charge is 0.750 e. The van der Waals surface area contributed by atoms with Crippen LogP contribution < -0.4 is 11.5 Å². The molecule has 1 unspecified atom stereocenters. The molecule has 0 rings (SSSR count). The topological polar surface area (TPSA) is 113 Å². The third-order valence-electron chi connectivity index (χ3n) is 0.985. The third-order valence-corrected chi connectivity index (χ3v) is 1.34.